The van der Waals surface area contributed by atoms with Crippen molar-refractivity contribution < 1.29 is 0 Å². The Morgan fingerprint density at radius 1 is 0.333 bits per heavy atom. The Balaban J connectivity index is 1.04. The number of aromatic nitrogens is 2. The third-order valence-corrected chi connectivity index (χ3v) is 14.6. The quantitative estimate of drug-likeness (QED) is 0.167. The lowest BCUT2D eigenvalue weighted by molar-refractivity contribution is 0.666. The van der Waals surface area contributed by atoms with Gasteiger partial charge in [-0.05, 0) is 100 Å². The summed E-state index contributed by atoms with van der Waals surface area (Å²) in [4.78, 5) is 11.1. The number of hydrogen-bond donors (Lipinski definition) is 0. The minimum atomic E-state index is -0.519. The summed E-state index contributed by atoms with van der Waals surface area (Å²) >= 11 is 0. The number of fused-ring (bicyclic) bond motifs is 9. The van der Waals surface area contributed by atoms with Gasteiger partial charge in [0.15, 0.2) is 5.82 Å². The van der Waals surface area contributed by atoms with Crippen LogP contribution < -0.4 is 0 Å². The van der Waals surface area contributed by atoms with Crippen molar-refractivity contribution in [2.75, 3.05) is 0 Å². The summed E-state index contributed by atoms with van der Waals surface area (Å²) in [5.74, 6) is 0.701. The average Bonchev–Trinajstić information content (AvgIpc) is 3.82. The summed E-state index contributed by atoms with van der Waals surface area (Å²) < 4.78 is 0. The van der Waals surface area contributed by atoms with Crippen LogP contribution in [0.15, 0.2) is 231 Å². The molecular weight excluding hydrogens is 797 g/mol. The maximum atomic E-state index is 5.62. The van der Waals surface area contributed by atoms with E-state index in [1.165, 1.54) is 82.9 Å². The zero-order chi connectivity index (χ0) is 44.0. The maximum absolute atomic E-state index is 5.62. The first-order valence-corrected chi connectivity index (χ1v) is 23.0. The van der Waals surface area contributed by atoms with Gasteiger partial charge in [0, 0.05) is 22.1 Å². The normalized spacial score (nSPS) is 13.8. The van der Waals surface area contributed by atoms with Gasteiger partial charge in [-0.15, -0.1) is 0 Å². The molecule has 13 rings (SSSR count). The summed E-state index contributed by atoms with van der Waals surface area (Å²) in [6.45, 7) is 4.77. The Morgan fingerprint density at radius 3 is 1.59 bits per heavy atom. The molecular formula is C64H44N2. The van der Waals surface area contributed by atoms with Crippen molar-refractivity contribution in [1.82, 2.24) is 9.97 Å². The molecule has 2 aliphatic carbocycles. The van der Waals surface area contributed by atoms with Gasteiger partial charge >= 0.3 is 0 Å². The Kier molecular flexibility index (Phi) is 8.51. The van der Waals surface area contributed by atoms with Gasteiger partial charge in [0.25, 0.3) is 0 Å². The van der Waals surface area contributed by atoms with E-state index in [0.29, 0.717) is 5.82 Å². The van der Waals surface area contributed by atoms with Gasteiger partial charge in [-0.2, -0.15) is 0 Å². The second-order valence-corrected chi connectivity index (χ2v) is 18.4. The zero-order valence-electron chi connectivity index (χ0n) is 36.8. The molecule has 0 aliphatic heterocycles. The summed E-state index contributed by atoms with van der Waals surface area (Å²) in [6.07, 6.45) is 0. The van der Waals surface area contributed by atoms with Crippen LogP contribution in [0.3, 0.4) is 0 Å². The molecule has 2 nitrogen and oxygen atoms in total. The predicted molar refractivity (Wildman–Crippen MR) is 274 cm³/mol. The van der Waals surface area contributed by atoms with Crippen LogP contribution in [-0.4, -0.2) is 9.97 Å². The van der Waals surface area contributed by atoms with Crippen LogP contribution in [0.1, 0.15) is 47.2 Å². The first-order chi connectivity index (χ1) is 32.5. The molecule has 0 atom stereocenters. The van der Waals surface area contributed by atoms with Gasteiger partial charge < -0.3 is 0 Å². The van der Waals surface area contributed by atoms with Crippen molar-refractivity contribution in [2.24, 2.45) is 0 Å². The van der Waals surface area contributed by atoms with E-state index in [-0.39, 0.29) is 5.41 Å². The highest BCUT2D eigenvalue weighted by molar-refractivity contribution is 6.09. The monoisotopic (exact) mass is 840 g/mol. The Hall–Kier alpha value is -8.20. The SMILES string of the molecule is CC1(C)c2cccc(-c3ccc(-c4nc(-c5ccccc5)cc(-c5cccc6c5-c5ccccc5C6(c5ccccc5)c5ccccc5)n4)c4ccccc34)c2-c2ccc3ccccc3c21. The third-order valence-electron chi connectivity index (χ3n) is 14.6. The van der Waals surface area contributed by atoms with E-state index in [1.807, 2.05) is 0 Å². The van der Waals surface area contributed by atoms with Crippen LogP contribution in [0.2, 0.25) is 0 Å². The molecule has 0 bridgehead atoms. The highest BCUT2D eigenvalue weighted by atomic mass is 14.9. The van der Waals surface area contributed by atoms with Crippen molar-refractivity contribution in [1.29, 1.82) is 0 Å². The van der Waals surface area contributed by atoms with Crippen molar-refractivity contribution >= 4 is 21.5 Å². The predicted octanol–water partition coefficient (Wildman–Crippen LogP) is 16.1. The molecule has 0 amide bonds. The molecule has 0 fully saturated rings. The fourth-order valence-corrected chi connectivity index (χ4v) is 11.8. The lowest BCUT2D eigenvalue weighted by atomic mass is 9.67. The van der Waals surface area contributed by atoms with Crippen LogP contribution in [0.4, 0.5) is 0 Å². The lowest BCUT2D eigenvalue weighted by Gasteiger charge is -2.33. The molecule has 11 aromatic rings. The van der Waals surface area contributed by atoms with Crippen LogP contribution in [0.5, 0.6) is 0 Å². The second kappa shape index (κ2) is 14.7. The first-order valence-electron chi connectivity index (χ1n) is 23.0. The highest BCUT2D eigenvalue weighted by Gasteiger charge is 2.47. The Bertz CT molecular complexity index is 3680. The molecule has 0 saturated carbocycles. The molecule has 2 heteroatoms. The lowest BCUT2D eigenvalue weighted by Crippen LogP contribution is -2.28. The van der Waals surface area contributed by atoms with E-state index in [4.69, 9.17) is 9.97 Å². The van der Waals surface area contributed by atoms with Gasteiger partial charge in [0.05, 0.1) is 16.8 Å². The van der Waals surface area contributed by atoms with E-state index < -0.39 is 5.41 Å². The van der Waals surface area contributed by atoms with Crippen LogP contribution in [-0.2, 0) is 10.8 Å². The fraction of sp³-hybridized carbons (Fsp3) is 0.0625. The number of hydrogen-bond acceptors (Lipinski definition) is 2. The van der Waals surface area contributed by atoms with E-state index in [9.17, 15) is 0 Å². The van der Waals surface area contributed by atoms with Gasteiger partial charge in [-0.25, -0.2) is 9.97 Å². The first kappa shape index (κ1) is 38.3. The molecule has 66 heavy (non-hydrogen) atoms. The average molecular weight is 841 g/mol. The Labute approximate surface area is 385 Å². The summed E-state index contributed by atoms with van der Waals surface area (Å²) in [7, 11) is 0. The van der Waals surface area contributed by atoms with Crippen molar-refractivity contribution in [3.8, 4) is 67.3 Å². The highest BCUT2D eigenvalue weighted by Crippen LogP contribution is 2.59. The molecule has 310 valence electrons. The summed E-state index contributed by atoms with van der Waals surface area (Å²) in [5.41, 5.74) is 19.5. The van der Waals surface area contributed by atoms with Crippen molar-refractivity contribution in [3.63, 3.8) is 0 Å². The zero-order valence-corrected chi connectivity index (χ0v) is 36.8. The standard InChI is InChI=1S/C64H44N2/c1-63(2)55-34-18-31-49(59(55)53-37-36-41-20-12-13-27-45(41)61(53)63)48-38-39-50(47-29-15-14-28-46(47)48)62-65-57(42-21-6-3-7-22-42)40-58(66-62)52-32-19-35-56-60(52)51-30-16-17-33-54(51)64(56,43-23-8-4-9-24-43)44-25-10-5-11-26-44/h3-40H,1-2H3. The van der Waals surface area contributed by atoms with Gasteiger partial charge in [0.1, 0.15) is 0 Å². The van der Waals surface area contributed by atoms with Crippen molar-refractivity contribution in [3.05, 3.63) is 264 Å². The van der Waals surface area contributed by atoms with Crippen LogP contribution >= 0.6 is 0 Å². The van der Waals surface area contributed by atoms with Crippen LogP contribution in [0, 0.1) is 0 Å². The van der Waals surface area contributed by atoms with E-state index in [0.717, 1.165) is 33.5 Å². The van der Waals surface area contributed by atoms with Gasteiger partial charge in [0.2, 0.25) is 0 Å². The van der Waals surface area contributed by atoms with Gasteiger partial charge in [-0.3, -0.25) is 0 Å². The number of benzene rings is 10. The molecule has 0 saturated heterocycles. The van der Waals surface area contributed by atoms with Gasteiger partial charge in [-0.1, -0.05) is 232 Å². The second-order valence-electron chi connectivity index (χ2n) is 18.4. The van der Waals surface area contributed by atoms with E-state index in [1.54, 1.807) is 0 Å². The fourth-order valence-electron chi connectivity index (χ4n) is 11.8. The number of rotatable bonds is 6. The smallest absolute Gasteiger partial charge is 0.161 e. The minimum absolute atomic E-state index is 0.153. The maximum Gasteiger partial charge on any atom is 0.161 e. The largest absolute Gasteiger partial charge is 0.228 e. The molecule has 2 aliphatic rings. The molecule has 1 heterocycles. The summed E-state index contributed by atoms with van der Waals surface area (Å²) in [6, 6.07) is 84.2. The van der Waals surface area contributed by atoms with Crippen molar-refractivity contribution in [2.45, 2.75) is 24.7 Å². The number of nitrogens with zero attached hydrogens (tertiary/aromatic N) is 2. The molecule has 0 N–H and O–H groups in total. The van der Waals surface area contributed by atoms with E-state index >= 15 is 0 Å². The Morgan fingerprint density at radius 2 is 0.848 bits per heavy atom. The third kappa shape index (κ3) is 5.48. The summed E-state index contributed by atoms with van der Waals surface area (Å²) in [5, 5.41) is 4.90. The van der Waals surface area contributed by atoms with E-state index in [2.05, 4.69) is 244 Å². The van der Waals surface area contributed by atoms with Crippen LogP contribution in [0.25, 0.3) is 88.8 Å². The topological polar surface area (TPSA) is 25.8 Å². The molecule has 10 aromatic carbocycles. The molecule has 1 aromatic heterocycles. The molecule has 0 unspecified atom stereocenters. The molecule has 0 spiro atoms. The molecule has 0 radical (unpaired) electrons. The minimum Gasteiger partial charge on any atom is -0.228 e.